The van der Waals surface area contributed by atoms with Crippen LogP contribution >= 0.6 is 0 Å². The van der Waals surface area contributed by atoms with E-state index >= 15 is 0 Å². The summed E-state index contributed by atoms with van der Waals surface area (Å²) in [7, 11) is 0. The minimum absolute atomic E-state index is 0.00269. The molecule has 24 heavy (non-hydrogen) atoms. The Morgan fingerprint density at radius 3 is 2.33 bits per heavy atom. The first-order valence-electron chi connectivity index (χ1n) is 8.26. The Morgan fingerprint density at radius 1 is 1.29 bits per heavy atom. The van der Waals surface area contributed by atoms with Crippen molar-refractivity contribution in [2.45, 2.75) is 60.8 Å². The van der Waals surface area contributed by atoms with Gasteiger partial charge in [-0.1, -0.05) is 25.5 Å². The molecule has 0 aromatic carbocycles. The van der Waals surface area contributed by atoms with E-state index in [0.717, 1.165) is 5.57 Å². The van der Waals surface area contributed by atoms with E-state index in [0.29, 0.717) is 12.3 Å². The van der Waals surface area contributed by atoms with Crippen LogP contribution in [0.2, 0.25) is 0 Å². The molecule has 0 saturated carbocycles. The number of hydrogen-bond acceptors (Lipinski definition) is 5. The lowest BCUT2D eigenvalue weighted by atomic mass is 9.72. The summed E-state index contributed by atoms with van der Waals surface area (Å²) in [6.07, 6.45) is 2.92. The molecular weight excluding hydrogens is 306 g/mol. The van der Waals surface area contributed by atoms with Crippen molar-refractivity contribution in [2.24, 2.45) is 16.5 Å². The number of ketones is 2. The average molecular weight is 333 g/mol. The molecule has 1 rings (SSSR count). The van der Waals surface area contributed by atoms with Gasteiger partial charge < -0.3 is 5.11 Å². The second-order valence-corrected chi connectivity index (χ2v) is 7.44. The van der Waals surface area contributed by atoms with Gasteiger partial charge in [-0.2, -0.15) is 0 Å². The van der Waals surface area contributed by atoms with Crippen molar-refractivity contribution in [3.63, 3.8) is 0 Å². The first-order chi connectivity index (χ1) is 11.0. The molecule has 0 saturated heterocycles. The van der Waals surface area contributed by atoms with Crippen LogP contribution in [0.15, 0.2) is 39.4 Å². The number of hydrogen-bond donors (Lipinski definition) is 1. The second kappa shape index (κ2) is 7.69. The average Bonchev–Trinajstić information content (AvgIpc) is 2.47. The SMILES string of the molecule is CC(C)=CCC1=C(N=O)C(C)(C)C(=O)C(C(=O)CCC(C)C)=C1O. The fourth-order valence-corrected chi connectivity index (χ4v) is 2.64. The molecule has 0 amide bonds. The summed E-state index contributed by atoms with van der Waals surface area (Å²) in [5, 5.41) is 13.5. The third-order valence-corrected chi connectivity index (χ3v) is 4.23. The fourth-order valence-electron chi connectivity index (χ4n) is 2.64. The Morgan fingerprint density at radius 2 is 1.88 bits per heavy atom. The maximum atomic E-state index is 12.7. The lowest BCUT2D eigenvalue weighted by Crippen LogP contribution is -2.36. The Labute approximate surface area is 143 Å². The number of rotatable bonds is 7. The van der Waals surface area contributed by atoms with Crippen LogP contribution in [0.4, 0.5) is 0 Å². The number of nitroso groups, excluding NO2 is 1. The summed E-state index contributed by atoms with van der Waals surface area (Å²) in [6, 6.07) is 0. The van der Waals surface area contributed by atoms with Crippen LogP contribution in [0, 0.1) is 16.2 Å². The van der Waals surface area contributed by atoms with Crippen LogP contribution in [0.1, 0.15) is 60.8 Å². The van der Waals surface area contributed by atoms with Gasteiger partial charge in [-0.05, 0) is 51.6 Å². The molecule has 0 unspecified atom stereocenters. The predicted molar refractivity (Wildman–Crippen MR) is 94.4 cm³/mol. The van der Waals surface area contributed by atoms with Crippen molar-refractivity contribution in [3.8, 4) is 0 Å². The molecule has 0 aliphatic heterocycles. The molecule has 1 N–H and O–H groups in total. The highest BCUT2D eigenvalue weighted by Crippen LogP contribution is 2.42. The van der Waals surface area contributed by atoms with Gasteiger partial charge in [0.2, 0.25) is 0 Å². The van der Waals surface area contributed by atoms with E-state index < -0.39 is 11.2 Å². The molecule has 0 spiro atoms. The van der Waals surface area contributed by atoms with Gasteiger partial charge in [0, 0.05) is 12.0 Å². The van der Waals surface area contributed by atoms with E-state index in [1.165, 1.54) is 0 Å². The molecule has 0 atom stereocenters. The van der Waals surface area contributed by atoms with E-state index in [-0.39, 0.29) is 41.2 Å². The van der Waals surface area contributed by atoms with Gasteiger partial charge in [-0.25, -0.2) is 0 Å². The van der Waals surface area contributed by atoms with Gasteiger partial charge in [-0.3, -0.25) is 9.59 Å². The topological polar surface area (TPSA) is 83.8 Å². The molecule has 0 aromatic rings. The number of aliphatic hydroxyl groups is 1. The molecule has 5 heteroatoms. The molecule has 0 fully saturated rings. The van der Waals surface area contributed by atoms with E-state index in [1.807, 2.05) is 33.8 Å². The van der Waals surface area contributed by atoms with Gasteiger partial charge in [0.15, 0.2) is 11.6 Å². The van der Waals surface area contributed by atoms with Crippen LogP contribution in [-0.2, 0) is 9.59 Å². The van der Waals surface area contributed by atoms with E-state index in [4.69, 9.17) is 0 Å². The lowest BCUT2D eigenvalue weighted by molar-refractivity contribution is -0.126. The van der Waals surface area contributed by atoms with E-state index in [1.54, 1.807) is 13.8 Å². The smallest absolute Gasteiger partial charge is 0.181 e. The molecule has 0 bridgehead atoms. The van der Waals surface area contributed by atoms with Gasteiger partial charge in [0.1, 0.15) is 17.0 Å². The quantitative estimate of drug-likeness (QED) is 0.412. The number of nitrogens with zero attached hydrogens (tertiary/aromatic N) is 1. The van der Waals surface area contributed by atoms with Gasteiger partial charge in [-0.15, -0.1) is 4.91 Å². The monoisotopic (exact) mass is 333 g/mol. The third-order valence-electron chi connectivity index (χ3n) is 4.23. The van der Waals surface area contributed by atoms with Gasteiger partial charge in [0.25, 0.3) is 0 Å². The molecule has 1 aliphatic carbocycles. The van der Waals surface area contributed by atoms with Crippen molar-refractivity contribution in [1.82, 2.24) is 0 Å². The molecular formula is C19H27NO4. The molecule has 1 aliphatic rings. The third kappa shape index (κ3) is 4.08. The lowest BCUT2D eigenvalue weighted by Gasteiger charge is -2.30. The van der Waals surface area contributed by atoms with Crippen molar-refractivity contribution in [1.29, 1.82) is 0 Å². The summed E-state index contributed by atoms with van der Waals surface area (Å²) in [5.41, 5.74) is -0.138. The fraction of sp³-hybridized carbons (Fsp3) is 0.579. The van der Waals surface area contributed by atoms with Crippen LogP contribution in [0.5, 0.6) is 0 Å². The molecule has 0 radical (unpaired) electrons. The minimum atomic E-state index is -1.22. The number of Topliss-reactive ketones (excluding diaryl/α,β-unsaturated/α-hetero) is 2. The Kier molecular flexibility index (Phi) is 6.41. The summed E-state index contributed by atoms with van der Waals surface area (Å²) in [5.74, 6) is -0.986. The highest BCUT2D eigenvalue weighted by Gasteiger charge is 2.45. The van der Waals surface area contributed by atoms with E-state index in [2.05, 4.69) is 5.18 Å². The molecule has 0 heterocycles. The first kappa shape index (κ1) is 20.0. The summed E-state index contributed by atoms with van der Waals surface area (Å²) < 4.78 is 0. The maximum absolute atomic E-state index is 12.7. The molecule has 0 aromatic heterocycles. The zero-order valence-corrected chi connectivity index (χ0v) is 15.4. The maximum Gasteiger partial charge on any atom is 0.181 e. The summed E-state index contributed by atoms with van der Waals surface area (Å²) in [6.45, 7) is 10.9. The zero-order chi connectivity index (χ0) is 18.7. The molecule has 5 nitrogen and oxygen atoms in total. The largest absolute Gasteiger partial charge is 0.507 e. The second-order valence-electron chi connectivity index (χ2n) is 7.44. The van der Waals surface area contributed by atoms with Crippen LogP contribution < -0.4 is 0 Å². The zero-order valence-electron chi connectivity index (χ0n) is 15.4. The van der Waals surface area contributed by atoms with Crippen molar-refractivity contribution in [3.05, 3.63) is 39.2 Å². The van der Waals surface area contributed by atoms with Crippen LogP contribution in [-0.4, -0.2) is 16.7 Å². The van der Waals surface area contributed by atoms with E-state index in [9.17, 15) is 19.6 Å². The number of allylic oxidation sites excluding steroid dienone is 5. The van der Waals surface area contributed by atoms with Gasteiger partial charge >= 0.3 is 0 Å². The Hall–Kier alpha value is -2.04. The van der Waals surface area contributed by atoms with Crippen LogP contribution in [0.25, 0.3) is 0 Å². The normalized spacial score (nSPS) is 17.4. The first-order valence-corrected chi connectivity index (χ1v) is 8.26. The van der Waals surface area contributed by atoms with Crippen molar-refractivity contribution in [2.75, 3.05) is 0 Å². The standard InChI is InChI=1S/C19H27NO4/c1-11(2)7-9-13-16(22)15(14(21)10-8-12(3)4)18(23)19(5,6)17(13)20-24/h7,12,22H,8-10H2,1-6H3. The Bertz CT molecular complexity index is 644. The summed E-state index contributed by atoms with van der Waals surface area (Å²) in [4.78, 5) is 36.5. The van der Waals surface area contributed by atoms with Gasteiger partial charge in [0.05, 0.1) is 5.41 Å². The molecule has 132 valence electrons. The van der Waals surface area contributed by atoms with Crippen molar-refractivity contribution < 1.29 is 14.7 Å². The highest BCUT2D eigenvalue weighted by molar-refractivity contribution is 6.24. The van der Waals surface area contributed by atoms with Crippen molar-refractivity contribution >= 4 is 11.6 Å². The summed E-state index contributed by atoms with van der Waals surface area (Å²) >= 11 is 0. The van der Waals surface area contributed by atoms with Crippen LogP contribution in [0.3, 0.4) is 0 Å². The highest BCUT2D eigenvalue weighted by atomic mass is 16.3. The number of aliphatic hydroxyl groups excluding tert-OH is 1. The number of carbonyl (C=O) groups is 2. The Balaban J connectivity index is 3.44. The predicted octanol–water partition coefficient (Wildman–Crippen LogP) is 4.79. The number of carbonyl (C=O) groups excluding carboxylic acids is 2. The minimum Gasteiger partial charge on any atom is -0.507 e.